The Labute approximate surface area is 615 Å². The second-order valence-electron chi connectivity index (χ2n) is 26.9. The molecule has 0 saturated heterocycles. The smallest absolute Gasteiger partial charge is 0.463 e. The van der Waals surface area contributed by atoms with Crippen LogP contribution in [-0.2, 0) is 55.8 Å². The van der Waals surface area contributed by atoms with E-state index in [2.05, 4.69) is 130 Å². The van der Waals surface area contributed by atoms with Crippen LogP contribution in [0.15, 0.2) is 109 Å². The number of aliphatic hydroxyl groups excluding tert-OH is 2. The SMILES string of the molecule is CCCC/C=C\CCCCCCCC(=O)OC(COC(=O)CCCCCCC/C=C\C/C=C\C/C=C\C/C=C\CCCCC)COP(=O)(O)OCC(O)COP(=O)(O)OCC(O)COC(=O)CCCCCCCCCCCCCCCCCCC/C=C\C/C=C\C/C=C\C/C=C\CCCCC. The zero-order valence-electron chi connectivity index (χ0n) is 63.8. The minimum absolute atomic E-state index is 0.0891. The maximum Gasteiger partial charge on any atom is 0.472 e. The fraction of sp³-hybridized carbons (Fsp3) is 0.747. The first-order valence-electron chi connectivity index (χ1n) is 40.2. The van der Waals surface area contributed by atoms with Crippen LogP contribution in [0.2, 0.25) is 0 Å². The first-order chi connectivity index (χ1) is 49.2. The molecule has 0 aliphatic rings. The summed E-state index contributed by atoms with van der Waals surface area (Å²) in [6.07, 6.45) is 88.8. The van der Waals surface area contributed by atoms with Gasteiger partial charge in [0.15, 0.2) is 6.10 Å². The fourth-order valence-corrected chi connectivity index (χ4v) is 12.3. The van der Waals surface area contributed by atoms with Gasteiger partial charge in [-0.3, -0.25) is 32.5 Å². The average molecular weight is 1460 g/mol. The first kappa shape index (κ1) is 97.2. The predicted octanol–water partition coefficient (Wildman–Crippen LogP) is 23.5. The molecule has 0 spiro atoms. The molecule has 18 heteroatoms. The first-order valence-corrected chi connectivity index (χ1v) is 43.2. The number of hydrogen-bond acceptors (Lipinski definition) is 14. The summed E-state index contributed by atoms with van der Waals surface area (Å²) in [4.78, 5) is 58.5. The van der Waals surface area contributed by atoms with Gasteiger partial charge in [0.25, 0.3) is 0 Å². The lowest BCUT2D eigenvalue weighted by atomic mass is 10.0. The van der Waals surface area contributed by atoms with Crippen LogP contribution >= 0.6 is 15.6 Å². The Morgan fingerprint density at radius 1 is 0.277 bits per heavy atom. The molecule has 0 heterocycles. The number of unbranched alkanes of at least 4 members (excludes halogenated alkanes) is 35. The van der Waals surface area contributed by atoms with Crippen LogP contribution in [0, 0.1) is 0 Å². The predicted molar refractivity (Wildman–Crippen MR) is 417 cm³/mol. The fourth-order valence-electron chi connectivity index (χ4n) is 10.8. The molecular formula is C83H146O16P2. The highest BCUT2D eigenvalue weighted by Crippen LogP contribution is 2.45. The maximum atomic E-state index is 12.9. The molecule has 0 fully saturated rings. The molecule has 0 rings (SSSR count). The topological polar surface area (TPSA) is 231 Å². The van der Waals surface area contributed by atoms with Gasteiger partial charge in [-0.25, -0.2) is 9.13 Å². The Bertz CT molecular complexity index is 2270. The number of phosphoric acid groups is 2. The van der Waals surface area contributed by atoms with Gasteiger partial charge in [0.05, 0.1) is 26.4 Å². The number of aliphatic hydroxyl groups is 2. The second kappa shape index (κ2) is 75.9. The highest BCUT2D eigenvalue weighted by Gasteiger charge is 2.29. The van der Waals surface area contributed by atoms with E-state index in [0.717, 1.165) is 128 Å². The van der Waals surface area contributed by atoms with Crippen LogP contribution in [-0.4, -0.2) is 95.9 Å². The zero-order valence-corrected chi connectivity index (χ0v) is 65.6. The molecule has 0 amide bonds. The van der Waals surface area contributed by atoms with E-state index in [0.29, 0.717) is 19.3 Å². The number of ether oxygens (including phenoxy) is 3. The van der Waals surface area contributed by atoms with E-state index in [1.807, 2.05) is 0 Å². The van der Waals surface area contributed by atoms with Gasteiger partial charge in [0.1, 0.15) is 25.4 Å². The zero-order chi connectivity index (χ0) is 73.7. The molecule has 0 aromatic heterocycles. The summed E-state index contributed by atoms with van der Waals surface area (Å²) >= 11 is 0. The van der Waals surface area contributed by atoms with Gasteiger partial charge in [-0.05, 0) is 128 Å². The number of carbonyl (C=O) groups is 3. The van der Waals surface area contributed by atoms with Crippen molar-refractivity contribution < 1.29 is 75.8 Å². The van der Waals surface area contributed by atoms with Gasteiger partial charge in [-0.1, -0.05) is 304 Å². The lowest BCUT2D eigenvalue weighted by molar-refractivity contribution is -0.161. The Hall–Kier alpha value is -3.79. The normalized spacial score (nSPS) is 14.6. The molecule has 0 aliphatic heterocycles. The third-order valence-electron chi connectivity index (χ3n) is 16.9. The summed E-state index contributed by atoms with van der Waals surface area (Å²) in [5.74, 6) is -1.60. The quantitative estimate of drug-likeness (QED) is 0.0146. The number of hydrogen-bond donors (Lipinski definition) is 4. The molecule has 0 aliphatic carbocycles. The van der Waals surface area contributed by atoms with Gasteiger partial charge in [0, 0.05) is 19.3 Å². The minimum atomic E-state index is -4.93. The Balaban J connectivity index is 4.37. The van der Waals surface area contributed by atoms with E-state index in [1.54, 1.807) is 0 Å². The van der Waals surface area contributed by atoms with Crippen molar-refractivity contribution in [2.45, 2.75) is 360 Å². The Morgan fingerprint density at radius 3 is 0.822 bits per heavy atom. The molecule has 0 aromatic carbocycles. The van der Waals surface area contributed by atoms with Crippen molar-refractivity contribution >= 4 is 33.6 Å². The third-order valence-corrected chi connectivity index (χ3v) is 18.8. The van der Waals surface area contributed by atoms with Crippen LogP contribution in [0.25, 0.3) is 0 Å². The van der Waals surface area contributed by atoms with E-state index in [1.165, 1.54) is 154 Å². The summed E-state index contributed by atoms with van der Waals surface area (Å²) in [6, 6.07) is 0. The van der Waals surface area contributed by atoms with Crippen LogP contribution < -0.4 is 0 Å². The number of rotatable bonds is 76. The molecule has 5 unspecified atom stereocenters. The highest BCUT2D eigenvalue weighted by atomic mass is 31.2. The lowest BCUT2D eigenvalue weighted by Gasteiger charge is -2.21. The molecule has 0 bridgehead atoms. The molecule has 0 aromatic rings. The van der Waals surface area contributed by atoms with E-state index >= 15 is 0 Å². The van der Waals surface area contributed by atoms with E-state index in [4.69, 9.17) is 32.3 Å². The Morgan fingerprint density at radius 2 is 0.505 bits per heavy atom. The van der Waals surface area contributed by atoms with Crippen LogP contribution in [0.1, 0.15) is 342 Å². The van der Waals surface area contributed by atoms with Gasteiger partial charge in [-0.2, -0.15) is 0 Å². The molecule has 584 valence electrons. The van der Waals surface area contributed by atoms with Gasteiger partial charge in [-0.15, -0.1) is 0 Å². The molecule has 101 heavy (non-hydrogen) atoms. The van der Waals surface area contributed by atoms with Crippen LogP contribution in [0.5, 0.6) is 0 Å². The van der Waals surface area contributed by atoms with Crippen molar-refractivity contribution in [2.75, 3.05) is 39.6 Å². The molecular weight excluding hydrogens is 1310 g/mol. The second-order valence-corrected chi connectivity index (χ2v) is 29.8. The summed E-state index contributed by atoms with van der Waals surface area (Å²) in [5.41, 5.74) is 0. The van der Waals surface area contributed by atoms with Crippen molar-refractivity contribution in [2.24, 2.45) is 0 Å². The molecule has 4 N–H and O–H groups in total. The summed E-state index contributed by atoms with van der Waals surface area (Å²) in [7, 11) is -9.79. The van der Waals surface area contributed by atoms with E-state index < -0.39 is 91.5 Å². The third kappa shape index (κ3) is 77.1. The van der Waals surface area contributed by atoms with Gasteiger partial charge < -0.3 is 34.2 Å². The van der Waals surface area contributed by atoms with E-state index in [9.17, 15) is 43.5 Å². The molecule has 0 saturated carbocycles. The minimum Gasteiger partial charge on any atom is -0.463 e. The Kier molecular flexibility index (Phi) is 73.0. The monoisotopic (exact) mass is 1460 g/mol. The highest BCUT2D eigenvalue weighted by molar-refractivity contribution is 7.47. The molecule has 16 nitrogen and oxygen atoms in total. The maximum absolute atomic E-state index is 12.9. The summed E-state index contributed by atoms with van der Waals surface area (Å²) in [5, 5.41) is 20.6. The average Bonchev–Trinajstić information content (AvgIpc) is 0.953. The van der Waals surface area contributed by atoms with Gasteiger partial charge in [0.2, 0.25) is 0 Å². The standard InChI is InChI=1S/C83H146O16P2/c1-4-7-10-13-16-19-22-24-26-28-30-32-33-34-35-36-37-38-39-40-41-42-43-45-47-48-50-52-55-57-60-63-66-69-81(86)93-72-78(84)73-95-100(89,90)96-74-79(85)75-97-101(91,92)98-77-80(99-83(88)71-68-65-62-59-54-21-18-15-12-9-6-3)76-94-82(87)70-67-64-61-58-56-53-51-49-46-44-31-29-27-25-23-20-17-14-11-8-5-2/h15-20,24-27,30-32,34-35,44,49,51,78-80,84-85H,4-14,21-23,28-29,33,36-43,45-48,50,52-77H2,1-3H3,(H,89,90)(H,91,92)/b18-15-,19-16-,20-17-,26-24-,27-25-,32-30-,35-34-,44-31-,51-49-. The number of phosphoric ester groups is 2. The molecule has 0 radical (unpaired) electrons. The molecule has 5 atom stereocenters. The van der Waals surface area contributed by atoms with Crippen molar-refractivity contribution in [1.29, 1.82) is 0 Å². The lowest BCUT2D eigenvalue weighted by Crippen LogP contribution is -2.30. The van der Waals surface area contributed by atoms with Crippen LogP contribution in [0.4, 0.5) is 0 Å². The van der Waals surface area contributed by atoms with Gasteiger partial charge >= 0.3 is 33.6 Å². The van der Waals surface area contributed by atoms with Crippen molar-refractivity contribution in [3.8, 4) is 0 Å². The summed E-state index contributed by atoms with van der Waals surface area (Å²) < 4.78 is 61.0. The van der Waals surface area contributed by atoms with Crippen LogP contribution in [0.3, 0.4) is 0 Å². The number of carbonyl (C=O) groups excluding carboxylic acids is 3. The van der Waals surface area contributed by atoms with Crippen molar-refractivity contribution in [3.05, 3.63) is 109 Å². The van der Waals surface area contributed by atoms with E-state index in [-0.39, 0.29) is 19.3 Å². The van der Waals surface area contributed by atoms with Crippen molar-refractivity contribution in [3.63, 3.8) is 0 Å². The number of esters is 3. The summed E-state index contributed by atoms with van der Waals surface area (Å²) in [6.45, 7) is 2.57. The number of allylic oxidation sites excluding steroid dienone is 18. The van der Waals surface area contributed by atoms with Crippen molar-refractivity contribution in [1.82, 2.24) is 0 Å². The largest absolute Gasteiger partial charge is 0.472 e.